The minimum absolute atomic E-state index is 0.105. The van der Waals surface area contributed by atoms with E-state index in [9.17, 15) is 4.79 Å². The number of ether oxygens (including phenoxy) is 2. The summed E-state index contributed by atoms with van der Waals surface area (Å²) in [5.74, 6) is 0.856. The van der Waals surface area contributed by atoms with Crippen molar-refractivity contribution in [3.05, 3.63) is 82.9 Å². The van der Waals surface area contributed by atoms with Gasteiger partial charge in [-0.05, 0) is 61.0 Å². The Morgan fingerprint density at radius 2 is 1.62 bits per heavy atom. The smallest absolute Gasteiger partial charge is 0.262 e. The highest BCUT2D eigenvalue weighted by Crippen LogP contribution is 2.28. The molecule has 3 rings (SSSR count). The van der Waals surface area contributed by atoms with Gasteiger partial charge in [0, 0.05) is 22.9 Å². The number of amides is 1. The summed E-state index contributed by atoms with van der Waals surface area (Å²) < 4.78 is 11.1. The Bertz CT molecular complexity index is 957. The molecule has 3 aromatic rings. The second-order valence-corrected chi connectivity index (χ2v) is 6.98. The van der Waals surface area contributed by atoms with Gasteiger partial charge in [0.2, 0.25) is 0 Å². The zero-order valence-corrected chi connectivity index (χ0v) is 17.1. The van der Waals surface area contributed by atoms with Gasteiger partial charge in [-0.25, -0.2) is 0 Å². The molecule has 0 aromatic heterocycles. The third-order valence-corrected chi connectivity index (χ3v) is 4.51. The lowest BCUT2D eigenvalue weighted by Crippen LogP contribution is -2.20. The van der Waals surface area contributed by atoms with Gasteiger partial charge >= 0.3 is 0 Å². The van der Waals surface area contributed by atoms with Crippen LogP contribution in [0.15, 0.2) is 66.7 Å². The Kier molecular flexibility index (Phi) is 6.98. The molecule has 0 spiro atoms. The number of nitrogens with one attached hydrogen (secondary N) is 2. The second-order valence-electron chi connectivity index (χ2n) is 6.55. The molecule has 0 heterocycles. The van der Waals surface area contributed by atoms with Crippen molar-refractivity contribution in [3.8, 4) is 11.5 Å². The van der Waals surface area contributed by atoms with Gasteiger partial charge in [-0.1, -0.05) is 35.4 Å². The van der Waals surface area contributed by atoms with Crippen molar-refractivity contribution in [2.24, 2.45) is 0 Å². The van der Waals surface area contributed by atoms with Crippen molar-refractivity contribution in [2.45, 2.75) is 13.5 Å². The number of aryl methyl sites for hydroxylation is 1. The normalized spacial score (nSPS) is 10.3. The van der Waals surface area contributed by atoms with Crippen LogP contribution in [0.2, 0.25) is 5.02 Å². The number of rotatable bonds is 8. The van der Waals surface area contributed by atoms with E-state index in [1.165, 1.54) is 0 Å². The maximum absolute atomic E-state index is 12.1. The fourth-order valence-corrected chi connectivity index (χ4v) is 2.82. The Morgan fingerprint density at radius 3 is 2.31 bits per heavy atom. The molecule has 0 aliphatic carbocycles. The zero-order valence-electron chi connectivity index (χ0n) is 16.4. The third-order valence-electron chi connectivity index (χ3n) is 4.26. The second kappa shape index (κ2) is 9.85. The van der Waals surface area contributed by atoms with Crippen LogP contribution < -0.4 is 20.1 Å². The average molecular weight is 411 g/mol. The number of halogens is 1. The maximum atomic E-state index is 12.1. The lowest BCUT2D eigenvalue weighted by atomic mass is 10.2. The third kappa shape index (κ3) is 6.16. The summed E-state index contributed by atoms with van der Waals surface area (Å²) in [6.07, 6.45) is 0. The first-order valence-electron chi connectivity index (χ1n) is 9.19. The molecule has 2 N–H and O–H groups in total. The predicted molar refractivity (Wildman–Crippen MR) is 117 cm³/mol. The molecule has 6 heteroatoms. The molecule has 1 amide bonds. The van der Waals surface area contributed by atoms with Gasteiger partial charge in [-0.2, -0.15) is 0 Å². The van der Waals surface area contributed by atoms with Crippen LogP contribution in [0.5, 0.6) is 11.5 Å². The summed E-state index contributed by atoms with van der Waals surface area (Å²) >= 11 is 5.90. The van der Waals surface area contributed by atoms with E-state index in [1.54, 1.807) is 13.2 Å². The van der Waals surface area contributed by atoms with Crippen LogP contribution in [-0.4, -0.2) is 19.6 Å². The monoisotopic (exact) mass is 410 g/mol. The van der Waals surface area contributed by atoms with Crippen molar-refractivity contribution in [1.82, 2.24) is 0 Å². The van der Waals surface area contributed by atoms with Crippen LogP contribution in [0.1, 0.15) is 11.1 Å². The van der Waals surface area contributed by atoms with Crippen molar-refractivity contribution in [3.63, 3.8) is 0 Å². The average Bonchev–Trinajstić information content (AvgIpc) is 2.73. The molecule has 0 aliphatic rings. The molecule has 29 heavy (non-hydrogen) atoms. The van der Waals surface area contributed by atoms with Gasteiger partial charge < -0.3 is 20.1 Å². The molecule has 0 saturated heterocycles. The summed E-state index contributed by atoms with van der Waals surface area (Å²) in [7, 11) is 1.57. The summed E-state index contributed by atoms with van der Waals surface area (Å²) in [5.41, 5.74) is 3.86. The van der Waals surface area contributed by atoms with Crippen molar-refractivity contribution < 1.29 is 14.3 Å². The summed E-state index contributed by atoms with van der Waals surface area (Å²) in [6, 6.07) is 20.7. The highest BCUT2D eigenvalue weighted by atomic mass is 35.5. The molecule has 0 unspecified atom stereocenters. The van der Waals surface area contributed by atoms with E-state index >= 15 is 0 Å². The van der Waals surface area contributed by atoms with Gasteiger partial charge in [0.1, 0.15) is 0 Å². The van der Waals surface area contributed by atoms with E-state index < -0.39 is 0 Å². The zero-order chi connectivity index (χ0) is 20.6. The Balaban J connectivity index is 1.55. The van der Waals surface area contributed by atoms with Crippen molar-refractivity contribution in [2.75, 3.05) is 24.4 Å². The molecule has 0 radical (unpaired) electrons. The minimum atomic E-state index is -0.232. The van der Waals surface area contributed by atoms with E-state index in [0.717, 1.165) is 22.5 Å². The van der Waals surface area contributed by atoms with Crippen molar-refractivity contribution >= 4 is 28.9 Å². The standard InChI is InChI=1S/C23H23ClN2O3/c1-16-3-8-20(9-4-16)26-23(27)15-29-21-12-5-17(13-22(21)28-2)14-25-19-10-6-18(24)7-11-19/h3-13,25H,14-15H2,1-2H3,(H,26,27). The molecule has 0 saturated carbocycles. The number of carbonyl (C=O) groups excluding carboxylic acids is 1. The van der Waals surface area contributed by atoms with E-state index in [4.69, 9.17) is 21.1 Å². The molecule has 3 aromatic carbocycles. The molecule has 0 atom stereocenters. The van der Waals surface area contributed by atoms with Crippen molar-refractivity contribution in [1.29, 1.82) is 0 Å². The molecular weight excluding hydrogens is 388 g/mol. The van der Waals surface area contributed by atoms with Crippen LogP contribution in [-0.2, 0) is 11.3 Å². The fourth-order valence-electron chi connectivity index (χ4n) is 2.69. The first kappa shape index (κ1) is 20.6. The quantitative estimate of drug-likeness (QED) is 0.530. The van der Waals surface area contributed by atoms with Gasteiger partial charge in [0.05, 0.1) is 7.11 Å². The summed E-state index contributed by atoms with van der Waals surface area (Å²) in [5, 5.41) is 6.83. The molecule has 0 fully saturated rings. The predicted octanol–water partition coefficient (Wildman–Crippen LogP) is 5.29. The number of hydrogen-bond donors (Lipinski definition) is 2. The molecule has 0 aliphatic heterocycles. The Hall–Kier alpha value is -3.18. The maximum Gasteiger partial charge on any atom is 0.262 e. The fraction of sp³-hybridized carbons (Fsp3) is 0.174. The highest BCUT2D eigenvalue weighted by molar-refractivity contribution is 6.30. The lowest BCUT2D eigenvalue weighted by Gasteiger charge is -2.13. The number of hydrogen-bond acceptors (Lipinski definition) is 4. The molecular formula is C23H23ClN2O3. The van der Waals surface area contributed by atoms with Crippen LogP contribution in [0.25, 0.3) is 0 Å². The largest absolute Gasteiger partial charge is 0.493 e. The topological polar surface area (TPSA) is 59.6 Å². The number of carbonyl (C=O) groups is 1. The molecule has 0 bridgehead atoms. The Morgan fingerprint density at radius 1 is 0.931 bits per heavy atom. The summed E-state index contributed by atoms with van der Waals surface area (Å²) in [6.45, 7) is 2.51. The van der Waals surface area contributed by atoms with E-state index in [1.807, 2.05) is 67.6 Å². The molecule has 5 nitrogen and oxygen atoms in total. The van der Waals surface area contributed by atoms with Gasteiger partial charge in [0.25, 0.3) is 5.91 Å². The minimum Gasteiger partial charge on any atom is -0.493 e. The van der Waals surface area contributed by atoms with E-state index in [0.29, 0.717) is 23.1 Å². The number of benzene rings is 3. The number of anilines is 2. The first-order chi connectivity index (χ1) is 14.0. The first-order valence-corrected chi connectivity index (χ1v) is 9.57. The highest BCUT2D eigenvalue weighted by Gasteiger charge is 2.09. The van der Waals surface area contributed by atoms with Crippen LogP contribution >= 0.6 is 11.6 Å². The lowest BCUT2D eigenvalue weighted by molar-refractivity contribution is -0.118. The van der Waals surface area contributed by atoms with Crippen LogP contribution in [0.3, 0.4) is 0 Å². The molecule has 150 valence electrons. The van der Waals surface area contributed by atoms with Crippen LogP contribution in [0, 0.1) is 6.92 Å². The van der Waals surface area contributed by atoms with E-state index in [-0.39, 0.29) is 12.5 Å². The van der Waals surface area contributed by atoms with Gasteiger partial charge in [-0.3, -0.25) is 4.79 Å². The Labute approximate surface area is 175 Å². The van der Waals surface area contributed by atoms with Crippen LogP contribution in [0.4, 0.5) is 11.4 Å². The SMILES string of the molecule is COc1cc(CNc2ccc(Cl)cc2)ccc1OCC(=O)Nc1ccc(C)cc1. The van der Waals surface area contributed by atoms with E-state index in [2.05, 4.69) is 10.6 Å². The summed E-state index contributed by atoms with van der Waals surface area (Å²) in [4.78, 5) is 12.1. The number of methoxy groups -OCH3 is 1. The van der Waals surface area contributed by atoms with Gasteiger partial charge in [-0.15, -0.1) is 0 Å². The van der Waals surface area contributed by atoms with Gasteiger partial charge in [0.15, 0.2) is 18.1 Å².